The average molecular weight is 212 g/mol. The van der Waals surface area contributed by atoms with Crippen LogP contribution in [-0.2, 0) is 11.3 Å². The molecule has 5 nitrogen and oxygen atoms in total. The average Bonchev–Trinajstić information content (AvgIpc) is 2.60. The van der Waals surface area contributed by atoms with Gasteiger partial charge in [-0.25, -0.2) is 9.78 Å². The Bertz CT molecular complexity index is 320. The van der Waals surface area contributed by atoms with Gasteiger partial charge in [0.25, 0.3) is 0 Å². The lowest BCUT2D eigenvalue weighted by molar-refractivity contribution is 0.0690. The normalized spacial score (nSPS) is 10.9. The molecule has 0 radical (unpaired) electrons. The molecule has 0 atom stereocenters. The predicted molar refractivity (Wildman–Crippen MR) is 54.8 cm³/mol. The van der Waals surface area contributed by atoms with E-state index in [1.807, 2.05) is 0 Å². The van der Waals surface area contributed by atoms with Crippen LogP contribution in [0.2, 0.25) is 0 Å². The number of imidazole rings is 1. The molecule has 1 N–H and O–H groups in total. The molecule has 1 heterocycles. The van der Waals surface area contributed by atoms with Crippen molar-refractivity contribution in [2.24, 2.45) is 5.92 Å². The fraction of sp³-hybridized carbons (Fsp3) is 0.600. The minimum absolute atomic E-state index is 0.0684. The number of hydrogen-bond donors (Lipinski definition) is 1. The summed E-state index contributed by atoms with van der Waals surface area (Å²) in [5.41, 5.74) is 0.0684. The standard InChI is InChI=1S/C10H16N2O3/c1-8(2)6-15-4-3-12-5-9(10(13)14)11-7-12/h5,7-8H,3-4,6H2,1-2H3,(H,13,14). The second-order valence-corrected chi connectivity index (χ2v) is 3.77. The van der Waals surface area contributed by atoms with Gasteiger partial charge in [-0.3, -0.25) is 0 Å². The summed E-state index contributed by atoms with van der Waals surface area (Å²) in [6.07, 6.45) is 3.00. The van der Waals surface area contributed by atoms with E-state index in [0.29, 0.717) is 19.1 Å². The molecular weight excluding hydrogens is 196 g/mol. The SMILES string of the molecule is CC(C)COCCn1cnc(C(=O)O)c1. The summed E-state index contributed by atoms with van der Waals surface area (Å²) in [5.74, 6) is -0.487. The van der Waals surface area contributed by atoms with Crippen LogP contribution in [0.25, 0.3) is 0 Å². The molecule has 0 unspecified atom stereocenters. The Morgan fingerprint density at radius 3 is 2.93 bits per heavy atom. The van der Waals surface area contributed by atoms with Crippen molar-refractivity contribution in [1.29, 1.82) is 0 Å². The molecular formula is C10H16N2O3. The molecule has 0 spiro atoms. The lowest BCUT2D eigenvalue weighted by Gasteiger charge is -2.06. The van der Waals surface area contributed by atoms with Gasteiger partial charge >= 0.3 is 5.97 Å². The molecule has 0 aliphatic rings. The molecule has 0 bridgehead atoms. The van der Waals surface area contributed by atoms with Crippen LogP contribution in [0.3, 0.4) is 0 Å². The zero-order valence-corrected chi connectivity index (χ0v) is 9.01. The summed E-state index contributed by atoms with van der Waals surface area (Å²) in [4.78, 5) is 14.3. The van der Waals surface area contributed by atoms with E-state index in [9.17, 15) is 4.79 Å². The minimum Gasteiger partial charge on any atom is -0.476 e. The Labute approximate surface area is 88.7 Å². The van der Waals surface area contributed by atoms with Crippen molar-refractivity contribution in [1.82, 2.24) is 9.55 Å². The first-order chi connectivity index (χ1) is 7.09. The van der Waals surface area contributed by atoms with Crippen LogP contribution < -0.4 is 0 Å². The third-order valence-electron chi connectivity index (χ3n) is 1.80. The Balaban J connectivity index is 2.29. The van der Waals surface area contributed by atoms with Crippen LogP contribution >= 0.6 is 0 Å². The summed E-state index contributed by atoms with van der Waals surface area (Å²) in [7, 11) is 0. The maximum atomic E-state index is 10.5. The van der Waals surface area contributed by atoms with Crippen molar-refractivity contribution < 1.29 is 14.6 Å². The number of carboxylic acid groups (broad SMARTS) is 1. The minimum atomic E-state index is -1.00. The Morgan fingerprint density at radius 1 is 1.67 bits per heavy atom. The number of aromatic nitrogens is 2. The van der Waals surface area contributed by atoms with Crippen LogP contribution in [0.4, 0.5) is 0 Å². The van der Waals surface area contributed by atoms with E-state index in [4.69, 9.17) is 9.84 Å². The van der Waals surface area contributed by atoms with Crippen LogP contribution in [-0.4, -0.2) is 33.8 Å². The summed E-state index contributed by atoms with van der Waals surface area (Å²) >= 11 is 0. The summed E-state index contributed by atoms with van der Waals surface area (Å²) in [6.45, 7) is 6.10. The lowest BCUT2D eigenvalue weighted by Crippen LogP contribution is -2.08. The molecule has 0 saturated carbocycles. The van der Waals surface area contributed by atoms with Crippen molar-refractivity contribution in [3.05, 3.63) is 18.2 Å². The van der Waals surface area contributed by atoms with Gasteiger partial charge in [0, 0.05) is 19.3 Å². The first kappa shape index (κ1) is 11.7. The highest BCUT2D eigenvalue weighted by atomic mass is 16.5. The third kappa shape index (κ3) is 4.12. The van der Waals surface area contributed by atoms with Gasteiger partial charge in [-0.1, -0.05) is 13.8 Å². The molecule has 15 heavy (non-hydrogen) atoms. The van der Waals surface area contributed by atoms with E-state index in [2.05, 4.69) is 18.8 Å². The Kier molecular flexibility index (Phi) is 4.30. The van der Waals surface area contributed by atoms with Gasteiger partial charge in [-0.2, -0.15) is 0 Å². The van der Waals surface area contributed by atoms with Crippen molar-refractivity contribution in [3.63, 3.8) is 0 Å². The first-order valence-electron chi connectivity index (χ1n) is 4.92. The fourth-order valence-corrected chi connectivity index (χ4v) is 1.08. The molecule has 1 aromatic heterocycles. The molecule has 1 rings (SSSR count). The molecule has 0 aliphatic carbocycles. The molecule has 0 amide bonds. The highest BCUT2D eigenvalue weighted by Gasteiger charge is 2.05. The maximum Gasteiger partial charge on any atom is 0.356 e. The molecule has 1 aromatic rings. The Morgan fingerprint density at radius 2 is 2.40 bits per heavy atom. The zero-order valence-electron chi connectivity index (χ0n) is 9.01. The Hall–Kier alpha value is -1.36. The van der Waals surface area contributed by atoms with Crippen molar-refractivity contribution in [2.75, 3.05) is 13.2 Å². The summed E-state index contributed by atoms with van der Waals surface area (Å²) in [6, 6.07) is 0. The highest BCUT2D eigenvalue weighted by Crippen LogP contribution is 1.97. The quantitative estimate of drug-likeness (QED) is 0.721. The summed E-state index contributed by atoms with van der Waals surface area (Å²) in [5, 5.41) is 8.64. The van der Waals surface area contributed by atoms with Gasteiger partial charge < -0.3 is 14.4 Å². The van der Waals surface area contributed by atoms with Crippen LogP contribution in [0.1, 0.15) is 24.3 Å². The number of ether oxygens (including phenoxy) is 1. The van der Waals surface area contributed by atoms with Crippen LogP contribution in [0.5, 0.6) is 0 Å². The van der Waals surface area contributed by atoms with E-state index < -0.39 is 5.97 Å². The van der Waals surface area contributed by atoms with Gasteiger partial charge in [-0.15, -0.1) is 0 Å². The number of hydrogen-bond acceptors (Lipinski definition) is 3. The molecule has 84 valence electrons. The first-order valence-corrected chi connectivity index (χ1v) is 4.92. The smallest absolute Gasteiger partial charge is 0.356 e. The largest absolute Gasteiger partial charge is 0.476 e. The highest BCUT2D eigenvalue weighted by molar-refractivity contribution is 5.84. The van der Waals surface area contributed by atoms with Gasteiger partial charge in [-0.05, 0) is 5.92 Å². The molecule has 0 aromatic carbocycles. The predicted octanol–water partition coefficient (Wildman–Crippen LogP) is 1.25. The number of rotatable bonds is 6. The zero-order chi connectivity index (χ0) is 11.3. The number of carbonyl (C=O) groups is 1. The fourth-order valence-electron chi connectivity index (χ4n) is 1.08. The van der Waals surface area contributed by atoms with Crippen molar-refractivity contribution in [2.45, 2.75) is 20.4 Å². The van der Waals surface area contributed by atoms with Gasteiger partial charge in [0.15, 0.2) is 5.69 Å². The van der Waals surface area contributed by atoms with E-state index in [0.717, 1.165) is 6.61 Å². The van der Waals surface area contributed by atoms with E-state index in [1.54, 1.807) is 4.57 Å². The van der Waals surface area contributed by atoms with Gasteiger partial charge in [0.2, 0.25) is 0 Å². The topological polar surface area (TPSA) is 64.4 Å². The maximum absolute atomic E-state index is 10.5. The van der Waals surface area contributed by atoms with Gasteiger partial charge in [0.1, 0.15) is 0 Å². The lowest BCUT2D eigenvalue weighted by atomic mass is 10.2. The van der Waals surface area contributed by atoms with Crippen molar-refractivity contribution in [3.8, 4) is 0 Å². The molecule has 5 heteroatoms. The third-order valence-corrected chi connectivity index (χ3v) is 1.80. The second kappa shape index (κ2) is 5.50. The van der Waals surface area contributed by atoms with E-state index >= 15 is 0 Å². The number of carboxylic acids is 1. The monoisotopic (exact) mass is 212 g/mol. The van der Waals surface area contributed by atoms with Crippen LogP contribution in [0, 0.1) is 5.92 Å². The second-order valence-electron chi connectivity index (χ2n) is 3.77. The van der Waals surface area contributed by atoms with Crippen LogP contribution in [0.15, 0.2) is 12.5 Å². The number of aromatic carboxylic acids is 1. The molecule has 0 saturated heterocycles. The molecule has 0 fully saturated rings. The molecule has 0 aliphatic heterocycles. The van der Waals surface area contributed by atoms with E-state index in [-0.39, 0.29) is 5.69 Å². The summed E-state index contributed by atoms with van der Waals surface area (Å²) < 4.78 is 7.08. The number of nitrogens with zero attached hydrogens (tertiary/aromatic N) is 2. The van der Waals surface area contributed by atoms with Gasteiger partial charge in [0.05, 0.1) is 12.9 Å². The van der Waals surface area contributed by atoms with Crippen molar-refractivity contribution >= 4 is 5.97 Å². The van der Waals surface area contributed by atoms with E-state index in [1.165, 1.54) is 12.5 Å².